The molecule has 0 saturated carbocycles. The van der Waals surface area contributed by atoms with E-state index in [-0.39, 0.29) is 15.6 Å². The maximum absolute atomic E-state index is 12.0. The lowest BCUT2D eigenvalue weighted by atomic mass is 10.1. The van der Waals surface area contributed by atoms with Crippen LogP contribution in [0.4, 0.5) is 5.69 Å². The second kappa shape index (κ2) is 6.70. The molecule has 0 aliphatic heterocycles. The zero-order valence-corrected chi connectivity index (χ0v) is 12.1. The predicted octanol–water partition coefficient (Wildman–Crippen LogP) is 1.47. The van der Waals surface area contributed by atoms with E-state index in [1.807, 2.05) is 5.32 Å². The summed E-state index contributed by atoms with van der Waals surface area (Å²) in [6, 6.07) is 0.237. The lowest BCUT2D eigenvalue weighted by Crippen LogP contribution is -2.47. The molecule has 1 aromatic rings. The molecule has 0 saturated heterocycles. The fraction of sp³-hybridized carbons (Fsp3) is 0.273. The number of benzene rings is 1. The quantitative estimate of drug-likeness (QED) is 0.551. The van der Waals surface area contributed by atoms with Gasteiger partial charge < -0.3 is 15.5 Å². The third kappa shape index (κ3) is 4.03. The van der Waals surface area contributed by atoms with Gasteiger partial charge in [-0.2, -0.15) is 0 Å². The van der Waals surface area contributed by atoms with Gasteiger partial charge in [-0.05, 0) is 6.92 Å². The molecule has 0 spiro atoms. The molecular weight excluding hydrogens is 327 g/mol. The molecule has 8 nitrogen and oxygen atoms in total. The van der Waals surface area contributed by atoms with Crippen molar-refractivity contribution in [1.82, 2.24) is 5.32 Å². The number of amides is 1. The SMILES string of the molecule is CC(O)C(NC(=O)c1cc([N+](=O)[O-])cc(Cl)c1Cl)C(=O)O. The number of rotatable bonds is 5. The van der Waals surface area contributed by atoms with E-state index in [4.69, 9.17) is 28.3 Å². The first-order chi connectivity index (χ1) is 9.65. The number of nitro benzene ring substituents is 1. The fourth-order valence-corrected chi connectivity index (χ4v) is 1.86. The Hall–Kier alpha value is -1.90. The smallest absolute Gasteiger partial charge is 0.328 e. The molecular formula is C11H10Cl2N2O6. The van der Waals surface area contributed by atoms with Gasteiger partial charge in [0.25, 0.3) is 11.6 Å². The number of hydrogen-bond donors (Lipinski definition) is 3. The average molecular weight is 337 g/mol. The number of carbonyl (C=O) groups is 2. The Bertz CT molecular complexity index is 605. The first-order valence-corrected chi connectivity index (χ1v) is 6.26. The van der Waals surface area contributed by atoms with Gasteiger partial charge in [-0.1, -0.05) is 23.2 Å². The van der Waals surface area contributed by atoms with Crippen LogP contribution in [0.5, 0.6) is 0 Å². The highest BCUT2D eigenvalue weighted by molar-refractivity contribution is 6.44. The van der Waals surface area contributed by atoms with Crippen LogP contribution in [0.1, 0.15) is 17.3 Å². The minimum atomic E-state index is -1.59. The third-order valence-electron chi connectivity index (χ3n) is 2.50. The summed E-state index contributed by atoms with van der Waals surface area (Å²) in [6.45, 7) is 1.17. The molecule has 0 aromatic heterocycles. The molecule has 0 aliphatic rings. The number of non-ortho nitro benzene ring substituents is 1. The van der Waals surface area contributed by atoms with Crippen LogP contribution in [0.2, 0.25) is 10.0 Å². The Morgan fingerprint density at radius 1 is 1.38 bits per heavy atom. The predicted molar refractivity (Wildman–Crippen MR) is 73.7 cm³/mol. The van der Waals surface area contributed by atoms with Gasteiger partial charge in [0.05, 0.1) is 26.6 Å². The van der Waals surface area contributed by atoms with Crippen LogP contribution in [-0.2, 0) is 4.79 Å². The molecule has 0 fully saturated rings. The minimum Gasteiger partial charge on any atom is -0.480 e. The summed E-state index contributed by atoms with van der Waals surface area (Å²) in [4.78, 5) is 32.8. The summed E-state index contributed by atoms with van der Waals surface area (Å²) in [5.74, 6) is -2.47. The van der Waals surface area contributed by atoms with Crippen LogP contribution >= 0.6 is 23.2 Å². The molecule has 1 rings (SSSR count). The number of carboxylic acids is 1. The van der Waals surface area contributed by atoms with Crippen molar-refractivity contribution in [2.45, 2.75) is 19.1 Å². The van der Waals surface area contributed by atoms with Crippen LogP contribution in [0.15, 0.2) is 12.1 Å². The van der Waals surface area contributed by atoms with E-state index in [9.17, 15) is 24.8 Å². The summed E-state index contributed by atoms with van der Waals surface area (Å²) >= 11 is 11.5. The maximum Gasteiger partial charge on any atom is 0.328 e. The van der Waals surface area contributed by atoms with Gasteiger partial charge in [0, 0.05) is 12.1 Å². The normalized spacial score (nSPS) is 13.3. The number of halogens is 2. The van der Waals surface area contributed by atoms with E-state index in [2.05, 4.69) is 0 Å². The van der Waals surface area contributed by atoms with Crippen molar-refractivity contribution in [3.63, 3.8) is 0 Å². The topological polar surface area (TPSA) is 130 Å². The Labute approximate surface area is 128 Å². The van der Waals surface area contributed by atoms with E-state index in [1.165, 1.54) is 6.92 Å². The molecule has 2 unspecified atom stereocenters. The number of carboxylic acid groups (broad SMARTS) is 1. The Morgan fingerprint density at radius 3 is 2.38 bits per heavy atom. The van der Waals surface area contributed by atoms with Crippen LogP contribution < -0.4 is 5.32 Å². The van der Waals surface area contributed by atoms with Crippen molar-refractivity contribution in [3.8, 4) is 0 Å². The number of nitrogens with one attached hydrogen (secondary N) is 1. The largest absolute Gasteiger partial charge is 0.480 e. The zero-order valence-electron chi connectivity index (χ0n) is 10.5. The first kappa shape index (κ1) is 17.2. The average Bonchev–Trinajstić information content (AvgIpc) is 2.37. The van der Waals surface area contributed by atoms with Gasteiger partial charge >= 0.3 is 5.97 Å². The Morgan fingerprint density at radius 2 is 1.95 bits per heavy atom. The van der Waals surface area contributed by atoms with Crippen molar-refractivity contribution in [1.29, 1.82) is 0 Å². The van der Waals surface area contributed by atoms with Crippen molar-refractivity contribution in [2.24, 2.45) is 0 Å². The molecule has 0 aliphatic carbocycles. The van der Waals surface area contributed by atoms with Crippen molar-refractivity contribution >= 4 is 40.8 Å². The van der Waals surface area contributed by atoms with E-state index < -0.39 is 34.6 Å². The second-order valence-electron chi connectivity index (χ2n) is 4.08. The molecule has 21 heavy (non-hydrogen) atoms. The molecule has 0 radical (unpaired) electrons. The molecule has 0 heterocycles. The highest BCUT2D eigenvalue weighted by atomic mass is 35.5. The van der Waals surface area contributed by atoms with E-state index >= 15 is 0 Å². The van der Waals surface area contributed by atoms with Crippen LogP contribution in [-0.4, -0.2) is 39.2 Å². The summed E-state index contributed by atoms with van der Waals surface area (Å²) in [5.41, 5.74) is -0.832. The number of aliphatic hydroxyl groups excluding tert-OH is 1. The van der Waals surface area contributed by atoms with Gasteiger partial charge in [-0.15, -0.1) is 0 Å². The molecule has 2 atom stereocenters. The number of aliphatic carboxylic acids is 1. The van der Waals surface area contributed by atoms with Gasteiger partial charge in [-0.25, -0.2) is 4.79 Å². The number of hydrogen-bond acceptors (Lipinski definition) is 5. The van der Waals surface area contributed by atoms with E-state index in [0.717, 1.165) is 12.1 Å². The lowest BCUT2D eigenvalue weighted by Gasteiger charge is -2.17. The number of carbonyl (C=O) groups excluding carboxylic acids is 1. The van der Waals surface area contributed by atoms with E-state index in [1.54, 1.807) is 0 Å². The Balaban J connectivity index is 3.18. The van der Waals surface area contributed by atoms with Crippen LogP contribution in [0, 0.1) is 10.1 Å². The summed E-state index contributed by atoms with van der Waals surface area (Å²) < 4.78 is 0. The summed E-state index contributed by atoms with van der Waals surface area (Å²) in [6.07, 6.45) is -1.38. The molecule has 3 N–H and O–H groups in total. The lowest BCUT2D eigenvalue weighted by molar-refractivity contribution is -0.384. The van der Waals surface area contributed by atoms with Crippen LogP contribution in [0.3, 0.4) is 0 Å². The second-order valence-corrected chi connectivity index (χ2v) is 4.86. The number of aliphatic hydroxyl groups is 1. The molecule has 0 bridgehead atoms. The van der Waals surface area contributed by atoms with Gasteiger partial charge in [0.2, 0.25) is 0 Å². The standard InChI is InChI=1S/C11H10Cl2N2O6/c1-4(16)9(11(18)19)14-10(17)6-2-5(15(20)21)3-7(12)8(6)13/h2-4,9,16H,1H3,(H,14,17)(H,18,19). The highest BCUT2D eigenvalue weighted by Gasteiger charge is 2.27. The van der Waals surface area contributed by atoms with Crippen molar-refractivity contribution in [3.05, 3.63) is 37.9 Å². The van der Waals surface area contributed by atoms with Crippen molar-refractivity contribution < 1.29 is 24.7 Å². The van der Waals surface area contributed by atoms with E-state index in [0.29, 0.717) is 0 Å². The molecule has 10 heteroatoms. The Kier molecular flexibility index (Phi) is 5.47. The summed E-state index contributed by atoms with van der Waals surface area (Å²) in [7, 11) is 0. The van der Waals surface area contributed by atoms with Gasteiger partial charge in [0.15, 0.2) is 6.04 Å². The number of nitro groups is 1. The van der Waals surface area contributed by atoms with Crippen molar-refractivity contribution in [2.75, 3.05) is 0 Å². The fourth-order valence-electron chi connectivity index (χ4n) is 1.45. The van der Waals surface area contributed by atoms with Gasteiger partial charge in [-0.3, -0.25) is 14.9 Å². The number of nitrogens with zero attached hydrogens (tertiary/aromatic N) is 1. The summed E-state index contributed by atoms with van der Waals surface area (Å²) in [5, 5.41) is 30.4. The maximum atomic E-state index is 12.0. The molecule has 114 valence electrons. The molecule has 1 aromatic carbocycles. The molecule has 1 amide bonds. The first-order valence-electron chi connectivity index (χ1n) is 5.50. The highest BCUT2D eigenvalue weighted by Crippen LogP contribution is 2.30. The zero-order chi connectivity index (χ0) is 16.3. The van der Waals surface area contributed by atoms with Crippen LogP contribution in [0.25, 0.3) is 0 Å². The van der Waals surface area contributed by atoms with Gasteiger partial charge in [0.1, 0.15) is 0 Å². The monoisotopic (exact) mass is 336 g/mol. The minimum absolute atomic E-state index is 0.222. The third-order valence-corrected chi connectivity index (χ3v) is 3.31.